The third-order valence-electron chi connectivity index (χ3n) is 3.15. The number of esters is 1. The molecule has 0 aromatic heterocycles. The van der Waals surface area contributed by atoms with E-state index in [1.54, 1.807) is 30.3 Å². The highest BCUT2D eigenvalue weighted by molar-refractivity contribution is 7.80. The van der Waals surface area contributed by atoms with Gasteiger partial charge < -0.3 is 15.2 Å². The fourth-order valence-electron chi connectivity index (χ4n) is 1.98. The molecule has 0 heterocycles. The number of rotatable bonds is 6. The molecule has 2 aromatic carbocycles. The first-order valence-corrected chi connectivity index (χ1v) is 8.04. The summed E-state index contributed by atoms with van der Waals surface area (Å²) in [6, 6.07) is 12.3. The molecule has 0 saturated heterocycles. The average molecular weight is 357 g/mol. The molecular weight excluding hydrogens is 338 g/mol. The van der Waals surface area contributed by atoms with Gasteiger partial charge in [0.15, 0.2) is 16.6 Å². The Labute approximate surface area is 151 Å². The van der Waals surface area contributed by atoms with Crippen LogP contribution in [0.3, 0.4) is 0 Å². The number of nitrogens with one attached hydrogen (secondary N) is 1. The van der Waals surface area contributed by atoms with Gasteiger partial charge in [0.05, 0.1) is 18.4 Å². The summed E-state index contributed by atoms with van der Waals surface area (Å²) in [4.78, 5) is 12.3. The third kappa shape index (κ3) is 5.58. The molecule has 0 fully saturated rings. The standard InChI is InChI=1S/C18H19N3O3S/c1-3-23-16-10-13(11-20-21-18(19)25)6-9-15(16)24-17(22)14-7-4-12(2)5-8-14/h4-11H,3H2,1-2H3,(H3,19,21,25)/b20-11-. The van der Waals surface area contributed by atoms with Gasteiger partial charge in [0.2, 0.25) is 0 Å². The van der Waals surface area contributed by atoms with E-state index in [0.29, 0.717) is 23.7 Å². The highest BCUT2D eigenvalue weighted by Gasteiger charge is 2.13. The highest BCUT2D eigenvalue weighted by atomic mass is 32.1. The summed E-state index contributed by atoms with van der Waals surface area (Å²) in [5.74, 6) is 0.339. The molecule has 0 amide bonds. The molecular formula is C18H19N3O3S. The lowest BCUT2D eigenvalue weighted by Gasteiger charge is -2.11. The zero-order valence-corrected chi connectivity index (χ0v) is 14.8. The second kappa shape index (κ2) is 8.79. The molecule has 130 valence electrons. The average Bonchev–Trinajstić information content (AvgIpc) is 2.57. The van der Waals surface area contributed by atoms with Crippen molar-refractivity contribution in [3.8, 4) is 11.5 Å². The van der Waals surface area contributed by atoms with Crippen molar-refractivity contribution in [2.75, 3.05) is 6.61 Å². The SMILES string of the molecule is CCOc1cc(/C=N\NC(N)=S)ccc1OC(=O)c1ccc(C)cc1. The summed E-state index contributed by atoms with van der Waals surface area (Å²) in [6.45, 7) is 4.23. The van der Waals surface area contributed by atoms with Crippen molar-refractivity contribution in [2.24, 2.45) is 10.8 Å². The fraction of sp³-hybridized carbons (Fsp3) is 0.167. The van der Waals surface area contributed by atoms with E-state index >= 15 is 0 Å². The van der Waals surface area contributed by atoms with E-state index in [0.717, 1.165) is 11.1 Å². The first-order valence-electron chi connectivity index (χ1n) is 7.63. The minimum Gasteiger partial charge on any atom is -0.490 e. The minimum absolute atomic E-state index is 0.0740. The molecule has 7 heteroatoms. The molecule has 3 N–H and O–H groups in total. The van der Waals surface area contributed by atoms with Crippen LogP contribution in [0.15, 0.2) is 47.6 Å². The van der Waals surface area contributed by atoms with Crippen LogP contribution in [-0.2, 0) is 0 Å². The van der Waals surface area contributed by atoms with Crippen LogP contribution in [0.1, 0.15) is 28.4 Å². The molecule has 0 unspecified atom stereocenters. The number of nitrogens with zero attached hydrogens (tertiary/aromatic N) is 1. The monoisotopic (exact) mass is 357 g/mol. The maximum Gasteiger partial charge on any atom is 0.343 e. The number of thiocarbonyl (C=S) groups is 1. The fourth-order valence-corrected chi connectivity index (χ4v) is 2.03. The first-order chi connectivity index (χ1) is 12.0. The Kier molecular flexibility index (Phi) is 6.47. The molecule has 0 aliphatic heterocycles. The van der Waals surface area contributed by atoms with Crippen molar-refractivity contribution in [1.82, 2.24) is 5.43 Å². The first kappa shape index (κ1) is 18.4. The van der Waals surface area contributed by atoms with E-state index in [2.05, 4.69) is 22.7 Å². The van der Waals surface area contributed by atoms with E-state index in [1.807, 2.05) is 26.0 Å². The molecule has 2 aromatic rings. The normalized spacial score (nSPS) is 10.5. The van der Waals surface area contributed by atoms with Crippen molar-refractivity contribution in [1.29, 1.82) is 0 Å². The van der Waals surface area contributed by atoms with Crippen LogP contribution in [0.5, 0.6) is 11.5 Å². The topological polar surface area (TPSA) is 85.9 Å². The van der Waals surface area contributed by atoms with Gasteiger partial charge in [-0.3, -0.25) is 5.43 Å². The Balaban J connectivity index is 2.18. The van der Waals surface area contributed by atoms with Gasteiger partial charge in [-0.1, -0.05) is 17.7 Å². The van der Waals surface area contributed by atoms with Gasteiger partial charge in [-0.2, -0.15) is 5.10 Å². The van der Waals surface area contributed by atoms with Crippen LogP contribution in [0, 0.1) is 6.92 Å². The number of carbonyl (C=O) groups excluding carboxylic acids is 1. The van der Waals surface area contributed by atoms with Crippen LogP contribution in [-0.4, -0.2) is 23.9 Å². The smallest absolute Gasteiger partial charge is 0.343 e. The predicted octanol–water partition coefficient (Wildman–Crippen LogP) is 2.78. The molecule has 0 aliphatic carbocycles. The van der Waals surface area contributed by atoms with E-state index in [1.165, 1.54) is 6.21 Å². The van der Waals surface area contributed by atoms with Gasteiger partial charge >= 0.3 is 5.97 Å². The Hall–Kier alpha value is -2.93. The van der Waals surface area contributed by atoms with Crippen molar-refractivity contribution < 1.29 is 14.3 Å². The van der Waals surface area contributed by atoms with Crippen molar-refractivity contribution in [3.63, 3.8) is 0 Å². The number of hydrogen-bond acceptors (Lipinski definition) is 5. The van der Waals surface area contributed by atoms with E-state index in [4.69, 9.17) is 15.2 Å². The summed E-state index contributed by atoms with van der Waals surface area (Å²) in [5, 5.41) is 3.96. The van der Waals surface area contributed by atoms with Gasteiger partial charge in [-0.15, -0.1) is 0 Å². The Morgan fingerprint density at radius 1 is 1.24 bits per heavy atom. The molecule has 0 spiro atoms. The number of hydrazone groups is 1. The number of aryl methyl sites for hydroxylation is 1. The number of hydrogen-bond donors (Lipinski definition) is 2. The van der Waals surface area contributed by atoms with Crippen LogP contribution >= 0.6 is 12.2 Å². The van der Waals surface area contributed by atoms with E-state index in [9.17, 15) is 4.79 Å². The number of nitrogens with two attached hydrogens (primary N) is 1. The second-order valence-electron chi connectivity index (χ2n) is 5.13. The molecule has 0 saturated carbocycles. The van der Waals surface area contributed by atoms with Gasteiger partial charge in [0.25, 0.3) is 0 Å². The van der Waals surface area contributed by atoms with Crippen LogP contribution in [0.2, 0.25) is 0 Å². The maximum absolute atomic E-state index is 12.3. The second-order valence-corrected chi connectivity index (χ2v) is 5.57. The van der Waals surface area contributed by atoms with Gasteiger partial charge in [0.1, 0.15) is 0 Å². The van der Waals surface area contributed by atoms with Crippen molar-refractivity contribution in [3.05, 3.63) is 59.2 Å². The van der Waals surface area contributed by atoms with E-state index < -0.39 is 5.97 Å². The predicted molar refractivity (Wildman–Crippen MR) is 101 cm³/mol. The van der Waals surface area contributed by atoms with Crippen LogP contribution in [0.4, 0.5) is 0 Å². The lowest BCUT2D eigenvalue weighted by atomic mass is 10.1. The summed E-state index contributed by atoms with van der Waals surface area (Å²) >= 11 is 4.67. The largest absolute Gasteiger partial charge is 0.490 e. The number of benzene rings is 2. The summed E-state index contributed by atoms with van der Waals surface area (Å²) in [5.41, 5.74) is 10.1. The zero-order valence-electron chi connectivity index (χ0n) is 14.0. The third-order valence-corrected chi connectivity index (χ3v) is 3.24. The van der Waals surface area contributed by atoms with Crippen molar-refractivity contribution in [2.45, 2.75) is 13.8 Å². The molecule has 25 heavy (non-hydrogen) atoms. The Morgan fingerprint density at radius 2 is 1.96 bits per heavy atom. The minimum atomic E-state index is -0.447. The molecule has 0 bridgehead atoms. The van der Waals surface area contributed by atoms with Crippen molar-refractivity contribution >= 4 is 29.5 Å². The summed E-state index contributed by atoms with van der Waals surface area (Å²) in [6.07, 6.45) is 1.53. The lowest BCUT2D eigenvalue weighted by Crippen LogP contribution is -2.23. The molecule has 2 rings (SSSR count). The van der Waals surface area contributed by atoms with E-state index in [-0.39, 0.29) is 5.11 Å². The van der Waals surface area contributed by atoms with Gasteiger partial charge in [-0.05, 0) is 62.0 Å². The number of ether oxygens (including phenoxy) is 2. The molecule has 0 aliphatic rings. The summed E-state index contributed by atoms with van der Waals surface area (Å²) < 4.78 is 11.0. The van der Waals surface area contributed by atoms with Gasteiger partial charge in [0, 0.05) is 0 Å². The molecule has 0 radical (unpaired) electrons. The maximum atomic E-state index is 12.3. The molecule has 0 atom stereocenters. The number of carbonyl (C=O) groups is 1. The Bertz CT molecular complexity index is 789. The van der Waals surface area contributed by atoms with Crippen LogP contribution < -0.4 is 20.6 Å². The molecule has 6 nitrogen and oxygen atoms in total. The highest BCUT2D eigenvalue weighted by Crippen LogP contribution is 2.29. The lowest BCUT2D eigenvalue weighted by molar-refractivity contribution is 0.0728. The zero-order chi connectivity index (χ0) is 18.2. The summed E-state index contributed by atoms with van der Waals surface area (Å²) in [7, 11) is 0. The quantitative estimate of drug-likeness (QED) is 0.272. The Morgan fingerprint density at radius 3 is 2.60 bits per heavy atom. The van der Waals surface area contributed by atoms with Gasteiger partial charge in [-0.25, -0.2) is 4.79 Å². The van der Waals surface area contributed by atoms with Crippen LogP contribution in [0.25, 0.3) is 0 Å².